The molecule has 0 saturated carbocycles. The quantitative estimate of drug-likeness (QED) is 0.712. The minimum Gasteiger partial charge on any atom is -0.481 e. The molecule has 1 unspecified atom stereocenters. The molecule has 1 aliphatic heterocycles. The van der Waals surface area contributed by atoms with Crippen molar-refractivity contribution < 1.29 is 9.90 Å². The average molecular weight is 201 g/mol. The first kappa shape index (κ1) is 10.4. The van der Waals surface area contributed by atoms with Gasteiger partial charge in [-0.1, -0.05) is 13.0 Å². The minimum absolute atomic E-state index is 0.189. The van der Waals surface area contributed by atoms with Gasteiger partial charge in [-0.2, -0.15) is 0 Å². The molecule has 0 aromatic rings. The molecule has 74 valence electrons. The molecule has 0 bridgehead atoms. The highest BCUT2D eigenvalue weighted by molar-refractivity contribution is 8.03. The molecule has 0 aromatic heterocycles. The molecule has 4 heteroatoms. The summed E-state index contributed by atoms with van der Waals surface area (Å²) in [5, 5.41) is 13.4. The molecule has 0 aromatic carbocycles. The number of nitrogens with one attached hydrogen (secondary N) is 1. The standard InChI is InChI=1S/C9H15NO2S/c1-2-7-3-4-8(13-7)10-6-5-9(11)12/h4,7,10H,2-3,5-6H2,1H3,(H,11,12). The third-order valence-corrected chi connectivity index (χ3v) is 3.38. The van der Waals surface area contributed by atoms with Crippen molar-refractivity contribution in [3.05, 3.63) is 11.1 Å². The van der Waals surface area contributed by atoms with Crippen LogP contribution in [-0.4, -0.2) is 22.9 Å². The lowest BCUT2D eigenvalue weighted by molar-refractivity contribution is -0.136. The van der Waals surface area contributed by atoms with E-state index in [0.717, 1.165) is 11.4 Å². The molecule has 13 heavy (non-hydrogen) atoms. The molecule has 1 aliphatic rings. The summed E-state index contributed by atoms with van der Waals surface area (Å²) in [6.45, 7) is 2.70. The van der Waals surface area contributed by atoms with E-state index in [4.69, 9.17) is 5.11 Å². The highest BCUT2D eigenvalue weighted by atomic mass is 32.2. The highest BCUT2D eigenvalue weighted by Crippen LogP contribution is 2.31. The second kappa shape index (κ2) is 5.17. The predicted octanol–water partition coefficient (Wildman–Crippen LogP) is 1.81. The first-order valence-corrected chi connectivity index (χ1v) is 5.42. The molecule has 0 spiro atoms. The Kier molecular flexibility index (Phi) is 4.15. The van der Waals surface area contributed by atoms with E-state index in [-0.39, 0.29) is 6.42 Å². The summed E-state index contributed by atoms with van der Waals surface area (Å²) in [6.07, 6.45) is 4.62. The maximum absolute atomic E-state index is 10.2. The molecule has 0 fully saturated rings. The second-order valence-electron chi connectivity index (χ2n) is 3.02. The molecule has 3 nitrogen and oxygen atoms in total. The number of rotatable bonds is 5. The van der Waals surface area contributed by atoms with Gasteiger partial charge >= 0.3 is 5.97 Å². The van der Waals surface area contributed by atoms with Crippen molar-refractivity contribution >= 4 is 17.7 Å². The summed E-state index contributed by atoms with van der Waals surface area (Å²) in [4.78, 5) is 10.2. The highest BCUT2D eigenvalue weighted by Gasteiger charge is 2.15. The van der Waals surface area contributed by atoms with E-state index in [1.165, 1.54) is 6.42 Å². The number of aliphatic carboxylic acids is 1. The van der Waals surface area contributed by atoms with Gasteiger partial charge in [-0.25, -0.2) is 0 Å². The van der Waals surface area contributed by atoms with Crippen LogP contribution in [0.1, 0.15) is 26.2 Å². The Hall–Kier alpha value is -0.640. The summed E-state index contributed by atoms with van der Waals surface area (Å²) in [7, 11) is 0. The maximum atomic E-state index is 10.2. The van der Waals surface area contributed by atoms with Crippen molar-refractivity contribution in [3.63, 3.8) is 0 Å². The third-order valence-electron chi connectivity index (χ3n) is 1.95. The first-order chi connectivity index (χ1) is 6.22. The van der Waals surface area contributed by atoms with Gasteiger partial charge in [0.1, 0.15) is 0 Å². The van der Waals surface area contributed by atoms with Gasteiger partial charge in [-0.15, -0.1) is 11.8 Å². The van der Waals surface area contributed by atoms with Gasteiger partial charge in [0.15, 0.2) is 0 Å². The fourth-order valence-electron chi connectivity index (χ4n) is 1.17. The van der Waals surface area contributed by atoms with Crippen molar-refractivity contribution in [2.24, 2.45) is 0 Å². The molecular formula is C9H15NO2S. The van der Waals surface area contributed by atoms with Gasteiger partial charge in [0, 0.05) is 11.8 Å². The van der Waals surface area contributed by atoms with Crippen molar-refractivity contribution in [2.75, 3.05) is 6.54 Å². The van der Waals surface area contributed by atoms with Crippen LogP contribution in [0.3, 0.4) is 0 Å². The summed E-state index contributed by atoms with van der Waals surface area (Å²) < 4.78 is 0. The lowest BCUT2D eigenvalue weighted by Crippen LogP contribution is -2.15. The van der Waals surface area contributed by atoms with Crippen LogP contribution in [0, 0.1) is 0 Å². The smallest absolute Gasteiger partial charge is 0.305 e. The topological polar surface area (TPSA) is 49.3 Å². The van der Waals surface area contributed by atoms with Crippen molar-refractivity contribution in [3.8, 4) is 0 Å². The lowest BCUT2D eigenvalue weighted by atomic mass is 10.2. The van der Waals surface area contributed by atoms with E-state index in [1.807, 2.05) is 11.8 Å². The summed E-state index contributed by atoms with van der Waals surface area (Å²) in [5.74, 6) is -0.747. The Bertz CT molecular complexity index is 216. The SMILES string of the molecule is CCC1CC=C(NCCC(=O)O)S1. The molecule has 1 atom stereocenters. The lowest BCUT2D eigenvalue weighted by Gasteiger charge is -2.07. The fraction of sp³-hybridized carbons (Fsp3) is 0.667. The van der Waals surface area contributed by atoms with E-state index in [2.05, 4.69) is 18.3 Å². The van der Waals surface area contributed by atoms with Crippen LogP contribution in [0.4, 0.5) is 0 Å². The van der Waals surface area contributed by atoms with Gasteiger partial charge in [0.25, 0.3) is 0 Å². The monoisotopic (exact) mass is 201 g/mol. The molecule has 0 aliphatic carbocycles. The molecule has 1 heterocycles. The van der Waals surface area contributed by atoms with E-state index in [9.17, 15) is 4.79 Å². The zero-order valence-electron chi connectivity index (χ0n) is 7.75. The number of thioether (sulfide) groups is 1. The molecule has 1 rings (SSSR count). The van der Waals surface area contributed by atoms with Crippen LogP contribution in [0.15, 0.2) is 11.1 Å². The largest absolute Gasteiger partial charge is 0.481 e. The maximum Gasteiger partial charge on any atom is 0.305 e. The summed E-state index contributed by atoms with van der Waals surface area (Å²) >= 11 is 1.82. The third kappa shape index (κ3) is 3.72. The molecule has 0 radical (unpaired) electrons. The Labute approximate surface area is 82.6 Å². The second-order valence-corrected chi connectivity index (χ2v) is 4.36. The van der Waals surface area contributed by atoms with Crippen LogP contribution >= 0.6 is 11.8 Å². The van der Waals surface area contributed by atoms with E-state index in [0.29, 0.717) is 11.8 Å². The summed E-state index contributed by atoms with van der Waals surface area (Å²) in [6, 6.07) is 0. The Morgan fingerprint density at radius 3 is 3.15 bits per heavy atom. The molecule has 0 saturated heterocycles. The first-order valence-electron chi connectivity index (χ1n) is 4.55. The van der Waals surface area contributed by atoms with Crippen molar-refractivity contribution in [1.29, 1.82) is 0 Å². The zero-order chi connectivity index (χ0) is 9.68. The fourth-order valence-corrected chi connectivity index (χ4v) is 2.27. The van der Waals surface area contributed by atoms with Crippen LogP contribution in [0.5, 0.6) is 0 Å². The van der Waals surface area contributed by atoms with E-state index < -0.39 is 5.97 Å². The number of carboxylic acid groups (broad SMARTS) is 1. The number of carbonyl (C=O) groups is 1. The Morgan fingerprint density at radius 2 is 2.62 bits per heavy atom. The summed E-state index contributed by atoms with van der Waals surface area (Å²) in [5.41, 5.74) is 0. The van der Waals surface area contributed by atoms with E-state index >= 15 is 0 Å². The van der Waals surface area contributed by atoms with Gasteiger partial charge in [0.05, 0.1) is 11.4 Å². The van der Waals surface area contributed by atoms with Crippen molar-refractivity contribution in [2.45, 2.75) is 31.4 Å². The number of hydrogen-bond acceptors (Lipinski definition) is 3. The van der Waals surface area contributed by atoms with Crippen LogP contribution < -0.4 is 5.32 Å². The predicted molar refractivity (Wildman–Crippen MR) is 54.6 cm³/mol. The van der Waals surface area contributed by atoms with Crippen LogP contribution in [-0.2, 0) is 4.79 Å². The Morgan fingerprint density at radius 1 is 1.85 bits per heavy atom. The molecule has 0 amide bonds. The van der Waals surface area contributed by atoms with E-state index in [1.54, 1.807) is 0 Å². The average Bonchev–Trinajstić information content (AvgIpc) is 2.52. The number of carboxylic acids is 1. The van der Waals surface area contributed by atoms with Gasteiger partial charge in [-0.05, 0) is 12.8 Å². The van der Waals surface area contributed by atoms with Crippen LogP contribution in [0.25, 0.3) is 0 Å². The van der Waals surface area contributed by atoms with Crippen LogP contribution in [0.2, 0.25) is 0 Å². The molecular weight excluding hydrogens is 186 g/mol. The van der Waals surface area contributed by atoms with Gasteiger partial charge < -0.3 is 10.4 Å². The van der Waals surface area contributed by atoms with Gasteiger partial charge in [-0.3, -0.25) is 4.79 Å². The normalized spacial score (nSPS) is 21.3. The molecule has 2 N–H and O–H groups in total. The Balaban J connectivity index is 2.13. The number of allylic oxidation sites excluding steroid dienone is 1. The van der Waals surface area contributed by atoms with Gasteiger partial charge in [0.2, 0.25) is 0 Å². The zero-order valence-corrected chi connectivity index (χ0v) is 8.56. The number of hydrogen-bond donors (Lipinski definition) is 2. The van der Waals surface area contributed by atoms with Crippen molar-refractivity contribution in [1.82, 2.24) is 5.32 Å². The minimum atomic E-state index is -0.747.